The molecule has 7 rings (SSSR count). The van der Waals surface area contributed by atoms with E-state index >= 15 is 0 Å². The van der Waals surface area contributed by atoms with Crippen LogP contribution in [0.2, 0.25) is 0 Å². The highest BCUT2D eigenvalue weighted by Crippen LogP contribution is 2.30. The zero-order chi connectivity index (χ0) is 30.0. The van der Waals surface area contributed by atoms with Crippen molar-refractivity contribution in [2.24, 2.45) is 0 Å². The molecule has 2 aliphatic heterocycles. The van der Waals surface area contributed by atoms with E-state index in [2.05, 4.69) is 37.9 Å². The van der Waals surface area contributed by atoms with Crippen molar-refractivity contribution in [2.75, 3.05) is 18.0 Å². The molecule has 5 heterocycles. The molecular weight excluding hydrogens is 568 g/mol. The van der Waals surface area contributed by atoms with Gasteiger partial charge in [0.1, 0.15) is 27.9 Å². The lowest BCUT2D eigenvalue weighted by atomic mass is 10.1. The molecule has 0 radical (unpaired) electrons. The van der Waals surface area contributed by atoms with Crippen LogP contribution in [0.4, 0.5) is 5.82 Å². The first kappa shape index (κ1) is 28.0. The number of piperidine rings is 1. The van der Waals surface area contributed by atoms with Crippen molar-refractivity contribution in [1.82, 2.24) is 29.1 Å². The average Bonchev–Trinajstić information content (AvgIpc) is 3.65. The van der Waals surface area contributed by atoms with Crippen LogP contribution in [0, 0.1) is 18.3 Å². The highest BCUT2D eigenvalue weighted by molar-refractivity contribution is 7.07. The van der Waals surface area contributed by atoms with E-state index in [4.69, 9.17) is 5.10 Å². The number of benzene rings is 2. The second kappa shape index (κ2) is 12.1. The molecule has 9 nitrogen and oxygen atoms in total. The average molecular weight is 603 g/mol. The molecule has 0 amide bonds. The Morgan fingerprint density at radius 2 is 1.57 bits per heavy atom. The van der Waals surface area contributed by atoms with Gasteiger partial charge in [-0.05, 0) is 69.4 Å². The van der Waals surface area contributed by atoms with Crippen molar-refractivity contribution in [3.63, 3.8) is 0 Å². The first-order chi connectivity index (χ1) is 21.6. The van der Waals surface area contributed by atoms with Crippen LogP contribution in [0.1, 0.15) is 61.4 Å². The first-order valence-corrected chi connectivity index (χ1v) is 16.2. The quantitative estimate of drug-likeness (QED) is 0.298. The molecule has 2 aliphatic rings. The predicted molar refractivity (Wildman–Crippen MR) is 173 cm³/mol. The van der Waals surface area contributed by atoms with Crippen molar-refractivity contribution in [2.45, 2.75) is 58.4 Å². The maximum Gasteiger partial charge on any atom is 0.273 e. The van der Waals surface area contributed by atoms with Crippen LogP contribution in [0.15, 0.2) is 65.5 Å². The Morgan fingerprint density at radius 1 is 0.886 bits per heavy atom. The molecule has 5 aromatic rings. The standard InChI is InChI=1S/C34H34N8OS/c1-24-27(32(39-19-11-5-12-20-39)42(38-24)26-16-8-3-9-17-26)22-29-33(43)41(25-14-6-2-7-15-25)34(44-29)28(23-35)31-37-36-30-18-10-4-13-21-40(30)31/h2-3,6-9,14-17,22H,4-5,10-13,18-21H2,1H3/b29-22-,34-28-. The van der Waals surface area contributed by atoms with Gasteiger partial charge >= 0.3 is 0 Å². The number of hydrogen-bond acceptors (Lipinski definition) is 7. The van der Waals surface area contributed by atoms with E-state index in [1.807, 2.05) is 66.2 Å². The van der Waals surface area contributed by atoms with Crippen molar-refractivity contribution in [3.8, 4) is 17.4 Å². The van der Waals surface area contributed by atoms with Gasteiger partial charge in [-0.15, -0.1) is 21.5 Å². The van der Waals surface area contributed by atoms with E-state index in [1.165, 1.54) is 17.8 Å². The number of hydrogen-bond donors (Lipinski definition) is 0. The van der Waals surface area contributed by atoms with Gasteiger partial charge in [-0.25, -0.2) is 4.68 Å². The Labute approximate surface area is 259 Å². The van der Waals surface area contributed by atoms with Crippen LogP contribution in [0.25, 0.3) is 23.0 Å². The lowest BCUT2D eigenvalue weighted by Crippen LogP contribution is -2.32. The van der Waals surface area contributed by atoms with E-state index in [0.29, 0.717) is 26.3 Å². The summed E-state index contributed by atoms with van der Waals surface area (Å²) in [6.45, 7) is 4.64. The molecule has 1 saturated heterocycles. The molecule has 222 valence electrons. The SMILES string of the molecule is Cc1nn(-c2ccccc2)c(N2CCCCC2)c1/C=c1\s/c(=C(/C#N)c2nnc3n2CCCCC3)n(-c2ccccc2)c1=O. The fraction of sp³-hybridized carbons (Fsp3) is 0.324. The summed E-state index contributed by atoms with van der Waals surface area (Å²) < 4.78 is 6.83. The molecule has 0 saturated carbocycles. The van der Waals surface area contributed by atoms with E-state index < -0.39 is 0 Å². The molecule has 0 bridgehead atoms. The van der Waals surface area contributed by atoms with Crippen molar-refractivity contribution in [1.29, 1.82) is 5.26 Å². The van der Waals surface area contributed by atoms with Crippen LogP contribution in [-0.2, 0) is 13.0 Å². The number of anilines is 1. The van der Waals surface area contributed by atoms with Gasteiger partial charge in [-0.3, -0.25) is 9.36 Å². The molecule has 0 atom stereocenters. The Bertz CT molecular complexity index is 2020. The maximum atomic E-state index is 14.3. The second-order valence-electron chi connectivity index (χ2n) is 11.4. The third kappa shape index (κ3) is 5.07. The van der Waals surface area contributed by atoms with Gasteiger partial charge in [0.05, 0.1) is 21.6 Å². The Balaban J connectivity index is 1.50. The number of fused-ring (bicyclic) bond motifs is 1. The van der Waals surface area contributed by atoms with Crippen LogP contribution in [-0.4, -0.2) is 42.2 Å². The molecule has 10 heteroatoms. The fourth-order valence-electron chi connectivity index (χ4n) is 6.31. The summed E-state index contributed by atoms with van der Waals surface area (Å²) in [7, 11) is 0. The molecule has 0 unspecified atom stereocenters. The predicted octanol–water partition coefficient (Wildman–Crippen LogP) is 4.25. The summed E-state index contributed by atoms with van der Waals surface area (Å²) in [6, 6.07) is 22.1. The van der Waals surface area contributed by atoms with Crippen LogP contribution < -0.4 is 19.7 Å². The molecular formula is C34H34N8OS. The van der Waals surface area contributed by atoms with Crippen LogP contribution in [0.3, 0.4) is 0 Å². The van der Waals surface area contributed by atoms with Gasteiger partial charge in [0.25, 0.3) is 5.56 Å². The number of aromatic nitrogens is 6. The van der Waals surface area contributed by atoms with E-state index in [0.717, 1.165) is 86.7 Å². The molecule has 0 aliphatic carbocycles. The zero-order valence-electron chi connectivity index (χ0n) is 24.8. The number of para-hydroxylation sites is 2. The number of nitriles is 1. The minimum absolute atomic E-state index is 0.170. The summed E-state index contributed by atoms with van der Waals surface area (Å²) in [5.41, 5.74) is 3.66. The zero-order valence-corrected chi connectivity index (χ0v) is 25.6. The highest BCUT2D eigenvalue weighted by Gasteiger charge is 2.24. The topological polar surface area (TPSA) is 97.6 Å². The highest BCUT2D eigenvalue weighted by atomic mass is 32.1. The van der Waals surface area contributed by atoms with E-state index in [9.17, 15) is 10.1 Å². The minimum Gasteiger partial charge on any atom is -0.356 e. The summed E-state index contributed by atoms with van der Waals surface area (Å²) in [4.78, 5) is 16.7. The van der Waals surface area contributed by atoms with Crippen LogP contribution >= 0.6 is 11.3 Å². The van der Waals surface area contributed by atoms with Gasteiger partial charge in [0.2, 0.25) is 0 Å². The van der Waals surface area contributed by atoms with Gasteiger partial charge < -0.3 is 9.47 Å². The third-order valence-corrected chi connectivity index (χ3v) is 9.60. The van der Waals surface area contributed by atoms with Crippen molar-refractivity contribution in [3.05, 3.63) is 103 Å². The van der Waals surface area contributed by atoms with Crippen LogP contribution in [0.5, 0.6) is 0 Å². The van der Waals surface area contributed by atoms with E-state index in [1.54, 1.807) is 4.57 Å². The molecule has 44 heavy (non-hydrogen) atoms. The van der Waals surface area contributed by atoms with Crippen molar-refractivity contribution >= 4 is 28.8 Å². The van der Waals surface area contributed by atoms with Gasteiger partial charge in [0, 0.05) is 31.6 Å². The second-order valence-corrected chi connectivity index (χ2v) is 12.4. The Morgan fingerprint density at radius 3 is 2.30 bits per heavy atom. The van der Waals surface area contributed by atoms with Gasteiger partial charge in [0.15, 0.2) is 5.82 Å². The van der Waals surface area contributed by atoms with Crippen molar-refractivity contribution < 1.29 is 0 Å². The molecule has 0 N–H and O–H groups in total. The molecule has 1 fully saturated rings. The Hall–Kier alpha value is -4.75. The summed E-state index contributed by atoms with van der Waals surface area (Å²) in [5.74, 6) is 2.43. The minimum atomic E-state index is -0.170. The molecule has 2 aromatic carbocycles. The number of nitrogens with zero attached hydrogens (tertiary/aromatic N) is 8. The molecule has 3 aromatic heterocycles. The number of thiazole rings is 1. The van der Waals surface area contributed by atoms with Gasteiger partial charge in [-0.1, -0.05) is 42.8 Å². The first-order valence-electron chi connectivity index (χ1n) is 15.4. The maximum absolute atomic E-state index is 14.3. The number of rotatable bonds is 5. The summed E-state index contributed by atoms with van der Waals surface area (Å²) in [6.07, 6.45) is 9.44. The summed E-state index contributed by atoms with van der Waals surface area (Å²) in [5, 5.41) is 24.5. The number of aryl methyl sites for hydroxylation is 2. The normalized spacial score (nSPS) is 16.4. The third-order valence-electron chi connectivity index (χ3n) is 8.51. The largest absolute Gasteiger partial charge is 0.356 e. The molecule has 0 spiro atoms. The lowest BCUT2D eigenvalue weighted by Gasteiger charge is -2.29. The monoisotopic (exact) mass is 602 g/mol. The fourth-order valence-corrected chi connectivity index (χ4v) is 7.39. The smallest absolute Gasteiger partial charge is 0.273 e. The Kier molecular flexibility index (Phi) is 7.71. The lowest BCUT2D eigenvalue weighted by molar-refractivity contribution is 0.567. The van der Waals surface area contributed by atoms with Gasteiger partial charge in [-0.2, -0.15) is 10.4 Å². The van der Waals surface area contributed by atoms with E-state index in [-0.39, 0.29) is 5.56 Å². The summed E-state index contributed by atoms with van der Waals surface area (Å²) >= 11 is 1.33.